The number of amides is 1. The highest BCUT2D eigenvalue weighted by atomic mass is 19.4. The summed E-state index contributed by atoms with van der Waals surface area (Å²) in [5, 5.41) is 9.56. The van der Waals surface area contributed by atoms with E-state index >= 15 is 4.39 Å². The number of piperidine rings is 2. The molecule has 38 heavy (non-hydrogen) atoms. The molecule has 3 fully saturated rings. The summed E-state index contributed by atoms with van der Waals surface area (Å²) in [5.74, 6) is -1.45. The second-order valence-electron chi connectivity index (χ2n) is 12.5. The van der Waals surface area contributed by atoms with Crippen LogP contribution in [-0.4, -0.2) is 77.3 Å². The third kappa shape index (κ3) is 5.65. The van der Waals surface area contributed by atoms with E-state index in [0.717, 1.165) is 11.6 Å². The number of aliphatic carboxylic acids is 1. The topological polar surface area (TPSA) is 64.1 Å². The Morgan fingerprint density at radius 1 is 0.974 bits per heavy atom. The molecule has 4 rings (SSSR count). The number of rotatable bonds is 4. The zero-order valence-electron chi connectivity index (χ0n) is 22.7. The molecule has 0 radical (unpaired) electrons. The molecule has 10 heteroatoms. The predicted molar refractivity (Wildman–Crippen MR) is 137 cm³/mol. The van der Waals surface area contributed by atoms with Crippen LogP contribution in [0.1, 0.15) is 76.8 Å². The number of carboxylic acid groups (broad SMARTS) is 1. The van der Waals surface area contributed by atoms with Crippen molar-refractivity contribution >= 4 is 17.6 Å². The first-order valence-electron chi connectivity index (χ1n) is 13.5. The Labute approximate surface area is 222 Å². The van der Waals surface area contributed by atoms with Crippen molar-refractivity contribution in [1.29, 1.82) is 0 Å². The van der Waals surface area contributed by atoms with Gasteiger partial charge in [-0.2, -0.15) is 13.2 Å². The third-order valence-corrected chi connectivity index (χ3v) is 8.86. The van der Waals surface area contributed by atoms with Gasteiger partial charge in [-0.15, -0.1) is 0 Å². The first-order chi connectivity index (χ1) is 17.5. The summed E-state index contributed by atoms with van der Waals surface area (Å²) in [6, 6.07) is 3.80. The maximum atomic E-state index is 15.7. The molecular weight excluding hydrogens is 502 g/mol. The summed E-state index contributed by atoms with van der Waals surface area (Å²) >= 11 is 0. The fourth-order valence-corrected chi connectivity index (χ4v) is 5.99. The quantitative estimate of drug-likeness (QED) is 0.523. The van der Waals surface area contributed by atoms with Gasteiger partial charge in [-0.25, -0.2) is 4.39 Å². The number of anilines is 1. The molecule has 0 aliphatic carbocycles. The van der Waals surface area contributed by atoms with Crippen molar-refractivity contribution in [1.82, 2.24) is 9.80 Å². The smallest absolute Gasteiger partial charge is 0.416 e. The van der Waals surface area contributed by atoms with Crippen molar-refractivity contribution in [3.8, 4) is 0 Å². The van der Waals surface area contributed by atoms with Crippen LogP contribution >= 0.6 is 0 Å². The molecule has 3 aliphatic rings. The molecule has 1 N–H and O–H groups in total. The number of hydrogen-bond donors (Lipinski definition) is 1. The van der Waals surface area contributed by atoms with Crippen LogP contribution in [0.3, 0.4) is 0 Å². The number of likely N-dealkylation sites (tertiary alicyclic amines) is 2. The highest BCUT2D eigenvalue weighted by Crippen LogP contribution is 2.42. The van der Waals surface area contributed by atoms with Crippen LogP contribution in [-0.2, 0) is 15.8 Å². The third-order valence-electron chi connectivity index (χ3n) is 8.86. The van der Waals surface area contributed by atoms with Crippen LogP contribution in [0.4, 0.5) is 23.2 Å². The number of nitrogens with zero attached hydrogens (tertiary/aromatic N) is 3. The van der Waals surface area contributed by atoms with Crippen molar-refractivity contribution in [3.63, 3.8) is 0 Å². The summed E-state index contributed by atoms with van der Waals surface area (Å²) in [6.45, 7) is 9.67. The number of alkyl halides is 4. The molecule has 6 nitrogen and oxygen atoms in total. The normalized spacial score (nSPS) is 25.6. The van der Waals surface area contributed by atoms with Gasteiger partial charge >= 0.3 is 12.1 Å². The molecule has 3 heterocycles. The maximum Gasteiger partial charge on any atom is 0.416 e. The Hall–Kier alpha value is -2.36. The van der Waals surface area contributed by atoms with E-state index in [9.17, 15) is 27.9 Å². The first-order valence-corrected chi connectivity index (χ1v) is 13.5. The zero-order valence-corrected chi connectivity index (χ0v) is 22.7. The number of carboxylic acids is 1. The second-order valence-corrected chi connectivity index (χ2v) is 12.5. The van der Waals surface area contributed by atoms with Crippen molar-refractivity contribution in [2.45, 2.75) is 83.1 Å². The molecule has 1 aromatic carbocycles. The summed E-state index contributed by atoms with van der Waals surface area (Å²) in [4.78, 5) is 30.3. The van der Waals surface area contributed by atoms with E-state index < -0.39 is 34.7 Å². The molecule has 3 aliphatic heterocycles. The minimum atomic E-state index is -4.49. The number of hydrogen-bond acceptors (Lipinski definition) is 4. The molecular formula is C28H39F4N3O3. The fourth-order valence-electron chi connectivity index (χ4n) is 5.99. The number of carbonyl (C=O) groups is 2. The van der Waals surface area contributed by atoms with Crippen molar-refractivity contribution in [2.75, 3.05) is 44.2 Å². The van der Waals surface area contributed by atoms with E-state index in [2.05, 4.69) is 0 Å². The molecule has 0 bridgehead atoms. The Morgan fingerprint density at radius 3 is 2.08 bits per heavy atom. The van der Waals surface area contributed by atoms with Gasteiger partial charge < -0.3 is 14.9 Å². The highest BCUT2D eigenvalue weighted by Gasteiger charge is 2.50. The average molecular weight is 542 g/mol. The highest BCUT2D eigenvalue weighted by molar-refractivity contribution is 5.86. The van der Waals surface area contributed by atoms with Crippen LogP contribution in [0.15, 0.2) is 18.2 Å². The zero-order chi connectivity index (χ0) is 28.1. The predicted octanol–water partition coefficient (Wildman–Crippen LogP) is 5.32. The van der Waals surface area contributed by atoms with Crippen LogP contribution in [0.5, 0.6) is 0 Å². The summed E-state index contributed by atoms with van der Waals surface area (Å²) in [5.41, 5.74) is -2.51. The SMILES string of the molecule is CC1(C(=O)O)CCN(c2cc(C(F)(F)F)ccc2C2CCN(C(=O)[C@@]3(F)CCN(C(C)(C)C)C3)CC2)CC1. The van der Waals surface area contributed by atoms with Gasteiger partial charge in [0, 0.05) is 56.9 Å². The number of carbonyl (C=O) groups excluding carboxylic acids is 1. The van der Waals surface area contributed by atoms with Crippen LogP contribution in [0.2, 0.25) is 0 Å². The average Bonchev–Trinajstić information content (AvgIpc) is 3.27. The van der Waals surface area contributed by atoms with Gasteiger partial charge in [-0.05, 0) is 77.0 Å². The van der Waals surface area contributed by atoms with Crippen molar-refractivity contribution in [2.24, 2.45) is 5.41 Å². The van der Waals surface area contributed by atoms with E-state index in [0.29, 0.717) is 64.1 Å². The van der Waals surface area contributed by atoms with E-state index in [1.165, 1.54) is 12.1 Å². The molecule has 212 valence electrons. The van der Waals surface area contributed by atoms with Gasteiger partial charge in [0.25, 0.3) is 5.91 Å². The van der Waals surface area contributed by atoms with Gasteiger partial charge in [0.1, 0.15) is 0 Å². The van der Waals surface area contributed by atoms with Gasteiger partial charge in [0.05, 0.1) is 11.0 Å². The Kier molecular flexibility index (Phi) is 7.53. The molecule has 0 spiro atoms. The van der Waals surface area contributed by atoms with Crippen LogP contribution in [0.25, 0.3) is 0 Å². The van der Waals surface area contributed by atoms with E-state index in [-0.39, 0.29) is 24.4 Å². The Bertz CT molecular complexity index is 1050. The lowest BCUT2D eigenvalue weighted by atomic mass is 9.79. The van der Waals surface area contributed by atoms with Crippen LogP contribution in [0, 0.1) is 5.41 Å². The Morgan fingerprint density at radius 2 is 1.58 bits per heavy atom. The maximum absolute atomic E-state index is 15.7. The molecule has 0 unspecified atom stereocenters. The molecule has 0 aromatic heterocycles. The lowest BCUT2D eigenvalue weighted by Crippen LogP contribution is -2.51. The largest absolute Gasteiger partial charge is 0.481 e. The molecule has 0 saturated carbocycles. The Balaban J connectivity index is 1.49. The van der Waals surface area contributed by atoms with E-state index in [1.807, 2.05) is 30.6 Å². The lowest BCUT2D eigenvalue weighted by molar-refractivity contribution is -0.149. The summed E-state index contributed by atoms with van der Waals surface area (Å²) < 4.78 is 56.4. The minimum Gasteiger partial charge on any atom is -0.481 e. The van der Waals surface area contributed by atoms with Crippen LogP contribution < -0.4 is 4.90 Å². The van der Waals surface area contributed by atoms with E-state index in [1.54, 1.807) is 11.8 Å². The summed E-state index contributed by atoms with van der Waals surface area (Å²) in [6.07, 6.45) is -2.58. The standard InChI is InChI=1S/C28H39F4N3O3/c1-25(2,3)35-16-11-27(29,18-35)23(36)34-12-7-19(8-13-34)21-6-5-20(28(30,31)32)17-22(21)33-14-9-26(4,10-15-33)24(37)38/h5-6,17,19H,7-16,18H2,1-4H3,(H,37,38)/t27-/m1/s1. The van der Waals surface area contributed by atoms with Gasteiger partial charge in [-0.1, -0.05) is 6.07 Å². The molecule has 1 aromatic rings. The van der Waals surface area contributed by atoms with Gasteiger partial charge in [0.15, 0.2) is 0 Å². The number of halogens is 4. The van der Waals surface area contributed by atoms with Crippen molar-refractivity contribution in [3.05, 3.63) is 29.3 Å². The monoisotopic (exact) mass is 541 g/mol. The van der Waals surface area contributed by atoms with Gasteiger partial charge in [0.2, 0.25) is 5.67 Å². The van der Waals surface area contributed by atoms with E-state index in [4.69, 9.17) is 0 Å². The summed E-state index contributed by atoms with van der Waals surface area (Å²) in [7, 11) is 0. The van der Waals surface area contributed by atoms with Gasteiger partial charge in [-0.3, -0.25) is 14.5 Å². The lowest BCUT2D eigenvalue weighted by Gasteiger charge is -2.41. The molecule has 1 atom stereocenters. The fraction of sp³-hybridized carbons (Fsp3) is 0.714. The van der Waals surface area contributed by atoms with Crippen molar-refractivity contribution < 1.29 is 32.3 Å². The first kappa shape index (κ1) is 28.6. The number of benzene rings is 1. The minimum absolute atomic E-state index is 0.0720. The molecule has 1 amide bonds. The second kappa shape index (κ2) is 9.99. The molecule has 3 saturated heterocycles.